The van der Waals surface area contributed by atoms with Gasteiger partial charge in [-0.2, -0.15) is 8.42 Å². The largest absolute Gasteiger partial charge is 0.399 e. The summed E-state index contributed by atoms with van der Waals surface area (Å²) in [7, 11) is -4.82. The van der Waals surface area contributed by atoms with E-state index in [9.17, 15) is 22.6 Å². The van der Waals surface area contributed by atoms with Gasteiger partial charge in [0, 0.05) is 28.1 Å². The zero-order chi connectivity index (χ0) is 20.9. The minimum absolute atomic E-state index is 0.0449. The number of hydrogen-bond acceptors (Lipinski definition) is 7. The smallest absolute Gasteiger partial charge is 0.298 e. The normalized spacial score (nSPS) is 13.0. The van der Waals surface area contributed by atoms with Crippen molar-refractivity contribution >= 4 is 44.4 Å². The van der Waals surface area contributed by atoms with Gasteiger partial charge in [0.25, 0.3) is 10.1 Å². The lowest BCUT2D eigenvalue weighted by Gasteiger charge is -2.22. The number of fused-ring (bicyclic) bond motifs is 2. The Balaban J connectivity index is 1.98. The molecule has 0 saturated heterocycles. The predicted octanol–water partition coefficient (Wildman–Crippen LogP) is 2.62. The standard InChI is InChI=1S/C20H15N3O5S/c21-10-5-7-11(8-6-10)23-15-9-14-16(17(22)20(15)29(26,27)28)19(25)13-4-2-1-3-12(13)18(14)24/h1-9,23H,21-22H2,(H,26,27,28). The van der Waals surface area contributed by atoms with Crippen molar-refractivity contribution in [3.05, 3.63) is 76.9 Å². The van der Waals surface area contributed by atoms with E-state index >= 15 is 0 Å². The van der Waals surface area contributed by atoms with Crippen LogP contribution in [0.15, 0.2) is 59.5 Å². The van der Waals surface area contributed by atoms with Gasteiger partial charge in [-0.1, -0.05) is 24.3 Å². The number of benzene rings is 3. The molecule has 146 valence electrons. The predicted molar refractivity (Wildman–Crippen MR) is 108 cm³/mol. The molecule has 0 fully saturated rings. The van der Waals surface area contributed by atoms with Crippen LogP contribution < -0.4 is 16.8 Å². The molecular formula is C20H15N3O5S. The number of nitrogens with two attached hydrogens (primary N) is 2. The fourth-order valence-corrected chi connectivity index (χ4v) is 4.13. The van der Waals surface area contributed by atoms with E-state index in [0.29, 0.717) is 11.4 Å². The van der Waals surface area contributed by atoms with Gasteiger partial charge in [-0.15, -0.1) is 0 Å². The first-order chi connectivity index (χ1) is 13.7. The number of hydrogen-bond donors (Lipinski definition) is 4. The Morgan fingerprint density at radius 1 is 0.828 bits per heavy atom. The zero-order valence-corrected chi connectivity index (χ0v) is 15.7. The molecule has 9 heteroatoms. The number of rotatable bonds is 3. The Kier molecular flexibility index (Phi) is 4.14. The van der Waals surface area contributed by atoms with Gasteiger partial charge in [-0.3, -0.25) is 14.1 Å². The molecule has 0 heterocycles. The quantitative estimate of drug-likeness (QED) is 0.297. The fourth-order valence-electron chi connectivity index (χ4n) is 3.36. The van der Waals surface area contributed by atoms with E-state index in [1.165, 1.54) is 18.2 Å². The number of ketones is 2. The third kappa shape index (κ3) is 3.02. The lowest BCUT2D eigenvalue weighted by Crippen LogP contribution is -2.24. The molecule has 0 aromatic heterocycles. The minimum Gasteiger partial charge on any atom is -0.399 e. The first kappa shape index (κ1) is 18.7. The molecule has 8 nitrogen and oxygen atoms in total. The van der Waals surface area contributed by atoms with E-state index < -0.39 is 32.3 Å². The lowest BCUT2D eigenvalue weighted by molar-refractivity contribution is 0.0979. The summed E-state index contributed by atoms with van der Waals surface area (Å²) in [6, 6.07) is 13.7. The van der Waals surface area contributed by atoms with Crippen molar-refractivity contribution in [3.8, 4) is 0 Å². The number of nitrogen functional groups attached to an aromatic ring is 2. The molecule has 1 aliphatic rings. The first-order valence-corrected chi connectivity index (χ1v) is 9.87. The van der Waals surface area contributed by atoms with Crippen LogP contribution in [0.5, 0.6) is 0 Å². The molecule has 4 rings (SSSR count). The van der Waals surface area contributed by atoms with Crippen molar-refractivity contribution in [3.63, 3.8) is 0 Å². The highest BCUT2D eigenvalue weighted by Gasteiger charge is 2.35. The van der Waals surface area contributed by atoms with Crippen molar-refractivity contribution < 1.29 is 22.6 Å². The van der Waals surface area contributed by atoms with E-state index in [-0.39, 0.29) is 27.9 Å². The first-order valence-electron chi connectivity index (χ1n) is 8.43. The van der Waals surface area contributed by atoms with Gasteiger partial charge < -0.3 is 16.8 Å². The summed E-state index contributed by atoms with van der Waals surface area (Å²) in [6.07, 6.45) is 0. The Bertz CT molecular complexity index is 1300. The van der Waals surface area contributed by atoms with E-state index in [4.69, 9.17) is 11.5 Å². The molecule has 6 N–H and O–H groups in total. The second kappa shape index (κ2) is 6.43. The highest BCUT2D eigenvalue weighted by molar-refractivity contribution is 7.86. The van der Waals surface area contributed by atoms with Crippen molar-refractivity contribution in [2.75, 3.05) is 16.8 Å². The monoisotopic (exact) mass is 409 g/mol. The van der Waals surface area contributed by atoms with Crippen LogP contribution in [-0.4, -0.2) is 24.5 Å². The Morgan fingerprint density at radius 3 is 2.00 bits per heavy atom. The van der Waals surface area contributed by atoms with Crippen LogP contribution in [0.4, 0.5) is 22.7 Å². The van der Waals surface area contributed by atoms with Crippen molar-refractivity contribution in [2.24, 2.45) is 0 Å². The van der Waals surface area contributed by atoms with Crippen LogP contribution in [0.2, 0.25) is 0 Å². The van der Waals surface area contributed by atoms with Crippen LogP contribution in [0.25, 0.3) is 0 Å². The van der Waals surface area contributed by atoms with Gasteiger partial charge in [-0.25, -0.2) is 0 Å². The van der Waals surface area contributed by atoms with Gasteiger partial charge in [0.15, 0.2) is 11.6 Å². The molecule has 0 radical (unpaired) electrons. The number of nitrogens with one attached hydrogen (secondary N) is 1. The van der Waals surface area contributed by atoms with E-state index in [1.54, 1.807) is 36.4 Å². The zero-order valence-electron chi connectivity index (χ0n) is 14.8. The van der Waals surface area contributed by atoms with E-state index in [1.807, 2.05) is 0 Å². The summed E-state index contributed by atoms with van der Waals surface area (Å²) in [6.45, 7) is 0. The number of carbonyl (C=O) groups excluding carboxylic acids is 2. The Morgan fingerprint density at radius 2 is 1.41 bits per heavy atom. The van der Waals surface area contributed by atoms with Crippen LogP contribution in [-0.2, 0) is 10.1 Å². The molecule has 1 aliphatic carbocycles. The maximum atomic E-state index is 13.0. The van der Waals surface area contributed by atoms with Gasteiger partial charge in [-0.05, 0) is 30.3 Å². The van der Waals surface area contributed by atoms with Crippen molar-refractivity contribution in [2.45, 2.75) is 4.90 Å². The molecule has 3 aromatic carbocycles. The highest BCUT2D eigenvalue weighted by Crippen LogP contribution is 2.39. The summed E-state index contributed by atoms with van der Waals surface area (Å²) in [5.41, 5.74) is 12.0. The number of anilines is 4. The van der Waals surface area contributed by atoms with Gasteiger partial charge >= 0.3 is 0 Å². The molecule has 0 atom stereocenters. The molecule has 0 spiro atoms. The molecule has 0 aliphatic heterocycles. The summed E-state index contributed by atoms with van der Waals surface area (Å²) in [4.78, 5) is 25.2. The Labute approximate surface area is 165 Å². The highest BCUT2D eigenvalue weighted by atomic mass is 32.2. The van der Waals surface area contributed by atoms with Crippen molar-refractivity contribution in [1.82, 2.24) is 0 Å². The minimum atomic E-state index is -4.82. The third-order valence-electron chi connectivity index (χ3n) is 4.65. The Hall–Kier alpha value is -3.69. The van der Waals surface area contributed by atoms with Gasteiger partial charge in [0.1, 0.15) is 4.90 Å². The van der Waals surface area contributed by atoms with Gasteiger partial charge in [0.05, 0.1) is 16.9 Å². The maximum absolute atomic E-state index is 13.0. The maximum Gasteiger partial charge on any atom is 0.298 e. The van der Waals surface area contributed by atoms with E-state index in [0.717, 1.165) is 0 Å². The summed E-state index contributed by atoms with van der Waals surface area (Å²) >= 11 is 0. The third-order valence-corrected chi connectivity index (χ3v) is 5.61. The second-order valence-electron chi connectivity index (χ2n) is 6.52. The van der Waals surface area contributed by atoms with Gasteiger partial charge in [0.2, 0.25) is 0 Å². The van der Waals surface area contributed by atoms with Crippen LogP contribution in [0, 0.1) is 0 Å². The molecule has 3 aromatic rings. The molecule has 29 heavy (non-hydrogen) atoms. The lowest BCUT2D eigenvalue weighted by atomic mass is 9.83. The molecule has 0 bridgehead atoms. The molecule has 0 saturated carbocycles. The SMILES string of the molecule is Nc1ccc(Nc2cc3c(c(N)c2S(=O)(=O)O)C(=O)c2ccccc2C3=O)cc1. The van der Waals surface area contributed by atoms with Crippen LogP contribution in [0.1, 0.15) is 31.8 Å². The summed E-state index contributed by atoms with van der Waals surface area (Å²) in [5.74, 6) is -1.05. The fraction of sp³-hybridized carbons (Fsp3) is 0. The van der Waals surface area contributed by atoms with E-state index in [2.05, 4.69) is 5.32 Å². The number of carbonyl (C=O) groups is 2. The second-order valence-corrected chi connectivity index (χ2v) is 7.87. The molecular weight excluding hydrogens is 394 g/mol. The topological polar surface area (TPSA) is 153 Å². The molecule has 0 amide bonds. The van der Waals surface area contributed by atoms with Crippen LogP contribution >= 0.6 is 0 Å². The average Bonchev–Trinajstić information content (AvgIpc) is 2.66. The summed E-state index contributed by atoms with van der Waals surface area (Å²) < 4.78 is 33.9. The summed E-state index contributed by atoms with van der Waals surface area (Å²) in [5, 5.41) is 2.82. The average molecular weight is 409 g/mol. The van der Waals surface area contributed by atoms with Crippen molar-refractivity contribution in [1.29, 1.82) is 0 Å². The molecule has 0 unspecified atom stereocenters. The van der Waals surface area contributed by atoms with Crippen LogP contribution in [0.3, 0.4) is 0 Å².